The molecule has 0 saturated heterocycles. The van der Waals surface area contributed by atoms with Gasteiger partial charge >= 0.3 is 0 Å². The number of hydrogen-bond donors (Lipinski definition) is 0. The van der Waals surface area contributed by atoms with Gasteiger partial charge in [0, 0.05) is 17.3 Å². The van der Waals surface area contributed by atoms with Gasteiger partial charge in [-0.3, -0.25) is 4.79 Å². The number of benzene rings is 1. The molecule has 0 fully saturated rings. The van der Waals surface area contributed by atoms with E-state index in [1.807, 2.05) is 36.5 Å². The molecule has 18 heavy (non-hydrogen) atoms. The summed E-state index contributed by atoms with van der Waals surface area (Å²) in [6, 6.07) is 13.0. The minimum atomic E-state index is 0.656. The number of hydrogen-bond acceptors (Lipinski definition) is 2. The molecule has 0 unspecified atom stereocenters. The fourth-order valence-corrected chi connectivity index (χ4v) is 2.05. The van der Waals surface area contributed by atoms with Crippen molar-refractivity contribution in [3.8, 4) is 11.3 Å². The third-order valence-electron chi connectivity index (χ3n) is 2.81. The van der Waals surface area contributed by atoms with Crippen LogP contribution in [0.5, 0.6) is 0 Å². The molecule has 0 spiro atoms. The van der Waals surface area contributed by atoms with E-state index in [-0.39, 0.29) is 0 Å². The van der Waals surface area contributed by atoms with E-state index in [4.69, 9.17) is 11.6 Å². The summed E-state index contributed by atoms with van der Waals surface area (Å²) in [5.74, 6) is 0. The first-order valence-electron chi connectivity index (χ1n) is 5.47. The smallest absolute Gasteiger partial charge is 0.150 e. The summed E-state index contributed by atoms with van der Waals surface area (Å²) in [5.41, 5.74) is 3.34. The first kappa shape index (κ1) is 11.0. The average molecular weight is 257 g/mol. The van der Waals surface area contributed by atoms with Crippen LogP contribution in [0.3, 0.4) is 0 Å². The minimum absolute atomic E-state index is 0.656. The van der Waals surface area contributed by atoms with E-state index in [0.29, 0.717) is 10.6 Å². The number of halogens is 1. The zero-order chi connectivity index (χ0) is 12.5. The molecule has 4 heteroatoms. The van der Waals surface area contributed by atoms with Gasteiger partial charge in [0.05, 0.1) is 16.2 Å². The van der Waals surface area contributed by atoms with Crippen LogP contribution < -0.4 is 0 Å². The van der Waals surface area contributed by atoms with Crippen LogP contribution in [0.15, 0.2) is 48.7 Å². The number of fused-ring (bicyclic) bond motifs is 1. The Hall–Kier alpha value is -2.13. The summed E-state index contributed by atoms with van der Waals surface area (Å²) in [4.78, 5) is 10.6. The summed E-state index contributed by atoms with van der Waals surface area (Å²) < 4.78 is 1.74. The molecular formula is C14H9ClN2O. The molecule has 0 radical (unpaired) electrons. The molecule has 0 atom stereocenters. The maximum absolute atomic E-state index is 10.6. The number of aldehydes is 1. The van der Waals surface area contributed by atoms with E-state index < -0.39 is 0 Å². The Morgan fingerprint density at radius 3 is 2.56 bits per heavy atom. The Bertz CT molecular complexity index is 716. The number of nitrogens with zero attached hydrogens (tertiary/aromatic N) is 2. The first-order chi connectivity index (χ1) is 8.78. The fraction of sp³-hybridized carbons (Fsp3) is 0. The topological polar surface area (TPSA) is 34.4 Å². The van der Waals surface area contributed by atoms with Crippen molar-refractivity contribution >= 4 is 23.4 Å². The van der Waals surface area contributed by atoms with Crippen LogP contribution in [0.4, 0.5) is 0 Å². The van der Waals surface area contributed by atoms with E-state index in [1.165, 1.54) is 0 Å². The Labute approximate surface area is 109 Å². The molecule has 0 amide bonds. The molecule has 3 rings (SSSR count). The molecule has 88 valence electrons. The summed E-state index contributed by atoms with van der Waals surface area (Å²) in [7, 11) is 0. The van der Waals surface area contributed by atoms with Crippen LogP contribution in [0.25, 0.3) is 16.8 Å². The molecule has 0 aliphatic rings. The average Bonchev–Trinajstić information content (AvgIpc) is 2.80. The molecule has 0 N–H and O–H groups in total. The SMILES string of the molecule is O=Cc1ccc(-c2ccc3c(Cl)ccn3n2)cc1. The lowest BCUT2D eigenvalue weighted by molar-refractivity contribution is 0.112. The van der Waals surface area contributed by atoms with Gasteiger partial charge in [-0.15, -0.1) is 0 Å². The molecule has 1 aromatic carbocycles. The lowest BCUT2D eigenvalue weighted by atomic mass is 10.1. The third-order valence-corrected chi connectivity index (χ3v) is 3.13. The van der Waals surface area contributed by atoms with Crippen LogP contribution in [-0.4, -0.2) is 15.9 Å². The Morgan fingerprint density at radius 2 is 1.83 bits per heavy atom. The maximum atomic E-state index is 10.6. The monoisotopic (exact) mass is 256 g/mol. The standard InChI is InChI=1S/C14H9ClN2O/c15-12-7-8-17-14(12)6-5-13(16-17)11-3-1-10(9-18)2-4-11/h1-9H. The van der Waals surface area contributed by atoms with Crippen LogP contribution in [0, 0.1) is 0 Å². The van der Waals surface area contributed by atoms with Crippen LogP contribution in [0.1, 0.15) is 10.4 Å². The Morgan fingerprint density at radius 1 is 1.06 bits per heavy atom. The summed E-state index contributed by atoms with van der Waals surface area (Å²) in [5, 5.41) is 5.15. The van der Waals surface area contributed by atoms with Gasteiger partial charge in [-0.2, -0.15) is 5.10 Å². The lowest BCUT2D eigenvalue weighted by Crippen LogP contribution is -1.92. The van der Waals surface area contributed by atoms with Gasteiger partial charge in [-0.05, 0) is 18.2 Å². The summed E-state index contributed by atoms with van der Waals surface area (Å²) in [6.07, 6.45) is 2.65. The zero-order valence-corrected chi connectivity index (χ0v) is 10.1. The normalized spacial score (nSPS) is 10.7. The number of carbonyl (C=O) groups is 1. The predicted molar refractivity (Wildman–Crippen MR) is 71.0 cm³/mol. The van der Waals surface area contributed by atoms with Gasteiger partial charge < -0.3 is 0 Å². The van der Waals surface area contributed by atoms with Crippen molar-refractivity contribution in [1.29, 1.82) is 0 Å². The van der Waals surface area contributed by atoms with Crippen molar-refractivity contribution in [2.75, 3.05) is 0 Å². The van der Waals surface area contributed by atoms with Gasteiger partial charge in [0.1, 0.15) is 6.29 Å². The highest BCUT2D eigenvalue weighted by molar-refractivity contribution is 6.33. The number of carbonyl (C=O) groups excluding carboxylic acids is 1. The molecule has 2 aromatic heterocycles. The number of rotatable bonds is 2. The Balaban J connectivity index is 2.09. The molecule has 0 saturated carbocycles. The molecule has 3 nitrogen and oxygen atoms in total. The third kappa shape index (κ3) is 1.79. The largest absolute Gasteiger partial charge is 0.298 e. The molecular weight excluding hydrogens is 248 g/mol. The maximum Gasteiger partial charge on any atom is 0.150 e. The van der Waals surface area contributed by atoms with Crippen molar-refractivity contribution in [2.45, 2.75) is 0 Å². The Kier molecular flexibility index (Phi) is 2.61. The molecule has 0 aliphatic carbocycles. The summed E-state index contributed by atoms with van der Waals surface area (Å²) in [6.45, 7) is 0. The van der Waals surface area contributed by atoms with Crippen LogP contribution in [-0.2, 0) is 0 Å². The van der Waals surface area contributed by atoms with E-state index in [0.717, 1.165) is 23.1 Å². The highest BCUT2D eigenvalue weighted by Gasteiger charge is 2.04. The first-order valence-corrected chi connectivity index (χ1v) is 5.85. The second-order valence-corrected chi connectivity index (χ2v) is 4.36. The fourth-order valence-electron chi connectivity index (χ4n) is 1.85. The van der Waals surface area contributed by atoms with Crippen molar-refractivity contribution in [3.63, 3.8) is 0 Å². The quantitative estimate of drug-likeness (QED) is 0.658. The van der Waals surface area contributed by atoms with Crippen LogP contribution >= 0.6 is 11.6 Å². The van der Waals surface area contributed by atoms with Gasteiger partial charge in [0.25, 0.3) is 0 Å². The van der Waals surface area contributed by atoms with Gasteiger partial charge in [0.2, 0.25) is 0 Å². The predicted octanol–water partition coefficient (Wildman–Crippen LogP) is 3.47. The minimum Gasteiger partial charge on any atom is -0.298 e. The molecule has 3 aromatic rings. The van der Waals surface area contributed by atoms with Gasteiger partial charge in [-0.1, -0.05) is 35.9 Å². The zero-order valence-electron chi connectivity index (χ0n) is 9.38. The van der Waals surface area contributed by atoms with E-state index in [1.54, 1.807) is 16.6 Å². The van der Waals surface area contributed by atoms with Crippen molar-refractivity contribution < 1.29 is 4.79 Å². The van der Waals surface area contributed by atoms with Crippen molar-refractivity contribution in [2.24, 2.45) is 0 Å². The number of aromatic nitrogens is 2. The van der Waals surface area contributed by atoms with E-state index in [9.17, 15) is 4.79 Å². The molecule has 0 aliphatic heterocycles. The van der Waals surface area contributed by atoms with Crippen molar-refractivity contribution in [3.05, 3.63) is 59.2 Å². The molecule has 2 heterocycles. The second kappa shape index (κ2) is 4.27. The second-order valence-electron chi connectivity index (χ2n) is 3.95. The van der Waals surface area contributed by atoms with Gasteiger partial charge in [0.15, 0.2) is 0 Å². The summed E-state index contributed by atoms with van der Waals surface area (Å²) >= 11 is 6.01. The lowest BCUT2D eigenvalue weighted by Gasteiger charge is -2.02. The van der Waals surface area contributed by atoms with Gasteiger partial charge in [-0.25, -0.2) is 4.52 Å². The highest BCUT2D eigenvalue weighted by Crippen LogP contribution is 2.22. The van der Waals surface area contributed by atoms with E-state index in [2.05, 4.69) is 5.10 Å². The van der Waals surface area contributed by atoms with E-state index >= 15 is 0 Å². The van der Waals surface area contributed by atoms with Crippen LogP contribution in [0.2, 0.25) is 5.02 Å². The van der Waals surface area contributed by atoms with Crippen molar-refractivity contribution in [1.82, 2.24) is 9.61 Å². The highest BCUT2D eigenvalue weighted by atomic mass is 35.5. The molecule has 0 bridgehead atoms.